The number of carbonyl (C=O) groups excluding carboxylic acids is 1. The molecule has 0 aliphatic heterocycles. The molecule has 0 unspecified atom stereocenters. The number of anilines is 2. The van der Waals surface area contributed by atoms with E-state index in [9.17, 15) is 9.90 Å². The van der Waals surface area contributed by atoms with Gasteiger partial charge in [0, 0.05) is 30.7 Å². The van der Waals surface area contributed by atoms with Crippen LogP contribution < -0.4 is 20.7 Å². The van der Waals surface area contributed by atoms with Gasteiger partial charge in [0.1, 0.15) is 22.9 Å². The molecular weight excluding hydrogens is 388 g/mol. The molecule has 148 valence electrons. The minimum atomic E-state index is -0.277. The molecule has 0 radical (unpaired) electrons. The van der Waals surface area contributed by atoms with Crippen molar-refractivity contribution in [3.05, 3.63) is 72.1 Å². The van der Waals surface area contributed by atoms with E-state index in [0.29, 0.717) is 16.6 Å². The standard InChI is InChI=1S/C21H20N4O3S/c1-13-11-16(28-17-9-10-23-19(12-17)20(27)22-2)7-8-18(13)25-21(29)24-14-3-5-15(26)6-4-14/h3-12,26H,1-2H3,(H,22,27)(H2,24,25,29). The molecule has 3 rings (SSSR count). The highest BCUT2D eigenvalue weighted by molar-refractivity contribution is 7.80. The highest BCUT2D eigenvalue weighted by Gasteiger charge is 2.08. The van der Waals surface area contributed by atoms with E-state index < -0.39 is 0 Å². The molecule has 0 bridgehead atoms. The van der Waals surface area contributed by atoms with Crippen LogP contribution in [-0.2, 0) is 0 Å². The second-order valence-electron chi connectivity index (χ2n) is 6.16. The Hall–Kier alpha value is -3.65. The van der Waals surface area contributed by atoms with Gasteiger partial charge in [0.15, 0.2) is 5.11 Å². The molecule has 1 amide bonds. The predicted molar refractivity (Wildman–Crippen MR) is 117 cm³/mol. The average molecular weight is 408 g/mol. The summed E-state index contributed by atoms with van der Waals surface area (Å²) in [7, 11) is 1.55. The predicted octanol–water partition coefficient (Wildman–Crippen LogP) is 4.06. The van der Waals surface area contributed by atoms with E-state index in [2.05, 4.69) is 20.9 Å². The van der Waals surface area contributed by atoms with Crippen molar-refractivity contribution >= 4 is 34.6 Å². The van der Waals surface area contributed by atoms with Crippen LogP contribution in [0, 0.1) is 6.92 Å². The van der Waals surface area contributed by atoms with Crippen LogP contribution in [-0.4, -0.2) is 28.2 Å². The van der Waals surface area contributed by atoms with Crippen LogP contribution in [0.2, 0.25) is 0 Å². The number of phenols is 1. The fraction of sp³-hybridized carbons (Fsp3) is 0.0952. The summed E-state index contributed by atoms with van der Waals surface area (Å²) in [5.74, 6) is 1.06. The number of aromatic hydroxyl groups is 1. The van der Waals surface area contributed by atoms with Crippen LogP contribution in [0.25, 0.3) is 0 Å². The van der Waals surface area contributed by atoms with E-state index >= 15 is 0 Å². The van der Waals surface area contributed by atoms with Gasteiger partial charge in [0.2, 0.25) is 0 Å². The smallest absolute Gasteiger partial charge is 0.269 e. The number of ether oxygens (including phenoxy) is 1. The van der Waals surface area contributed by atoms with Crippen molar-refractivity contribution in [2.24, 2.45) is 0 Å². The maximum absolute atomic E-state index is 11.7. The number of phenolic OH excluding ortho intramolecular Hbond substituents is 1. The minimum Gasteiger partial charge on any atom is -0.508 e. The lowest BCUT2D eigenvalue weighted by molar-refractivity contribution is 0.0958. The molecule has 1 aromatic heterocycles. The van der Waals surface area contributed by atoms with Gasteiger partial charge in [-0.05, 0) is 73.2 Å². The first-order valence-corrected chi connectivity index (χ1v) is 9.19. The van der Waals surface area contributed by atoms with Gasteiger partial charge >= 0.3 is 0 Å². The van der Waals surface area contributed by atoms with Crippen LogP contribution in [0.4, 0.5) is 11.4 Å². The summed E-state index contributed by atoms with van der Waals surface area (Å²) in [6.07, 6.45) is 1.52. The second-order valence-corrected chi connectivity index (χ2v) is 6.57. The van der Waals surface area contributed by atoms with Gasteiger partial charge < -0.3 is 25.8 Å². The lowest BCUT2D eigenvalue weighted by Gasteiger charge is -2.14. The summed E-state index contributed by atoms with van der Waals surface area (Å²) in [4.78, 5) is 15.7. The highest BCUT2D eigenvalue weighted by atomic mass is 32.1. The Bertz CT molecular complexity index is 1040. The zero-order valence-corrected chi connectivity index (χ0v) is 16.7. The van der Waals surface area contributed by atoms with Crippen LogP contribution in [0.1, 0.15) is 16.1 Å². The number of amides is 1. The lowest BCUT2D eigenvalue weighted by atomic mass is 10.2. The van der Waals surface area contributed by atoms with Crippen molar-refractivity contribution in [2.75, 3.05) is 17.7 Å². The molecule has 0 saturated carbocycles. The van der Waals surface area contributed by atoms with E-state index in [-0.39, 0.29) is 17.4 Å². The third-order valence-corrected chi connectivity index (χ3v) is 4.20. The zero-order chi connectivity index (χ0) is 20.8. The number of aryl methyl sites for hydroxylation is 1. The Kier molecular flexibility index (Phi) is 6.25. The Morgan fingerprint density at radius 1 is 1.03 bits per heavy atom. The first kappa shape index (κ1) is 20.1. The van der Waals surface area contributed by atoms with E-state index in [1.54, 1.807) is 49.5 Å². The molecule has 3 aromatic rings. The molecule has 0 aliphatic rings. The van der Waals surface area contributed by atoms with Crippen molar-refractivity contribution in [1.29, 1.82) is 0 Å². The Balaban J connectivity index is 1.66. The quantitative estimate of drug-likeness (QED) is 0.374. The number of pyridine rings is 1. The van der Waals surface area contributed by atoms with E-state index in [1.807, 2.05) is 19.1 Å². The van der Waals surface area contributed by atoms with Crippen molar-refractivity contribution < 1.29 is 14.6 Å². The number of hydrogen-bond acceptors (Lipinski definition) is 5. The Morgan fingerprint density at radius 3 is 2.45 bits per heavy atom. The number of nitrogens with one attached hydrogen (secondary N) is 3. The molecule has 1 heterocycles. The second kappa shape index (κ2) is 9.03. The van der Waals surface area contributed by atoms with Crippen LogP contribution >= 0.6 is 12.2 Å². The van der Waals surface area contributed by atoms with Gasteiger partial charge in [-0.2, -0.15) is 0 Å². The summed E-state index contributed by atoms with van der Waals surface area (Å²) in [6.45, 7) is 1.93. The monoisotopic (exact) mass is 408 g/mol. The summed E-state index contributed by atoms with van der Waals surface area (Å²) >= 11 is 5.34. The SMILES string of the molecule is CNC(=O)c1cc(Oc2ccc(NC(=S)Nc3ccc(O)cc3)c(C)c2)ccn1. The largest absolute Gasteiger partial charge is 0.508 e. The van der Waals surface area contributed by atoms with Gasteiger partial charge in [-0.1, -0.05) is 0 Å². The number of carbonyl (C=O) groups is 1. The van der Waals surface area contributed by atoms with Crippen molar-refractivity contribution in [1.82, 2.24) is 10.3 Å². The molecule has 2 aromatic carbocycles. The molecule has 7 nitrogen and oxygen atoms in total. The molecule has 0 spiro atoms. The third kappa shape index (κ3) is 5.43. The average Bonchev–Trinajstić information content (AvgIpc) is 2.71. The molecule has 8 heteroatoms. The van der Waals surface area contributed by atoms with Crippen LogP contribution in [0.5, 0.6) is 17.2 Å². The van der Waals surface area contributed by atoms with Gasteiger partial charge in [0.05, 0.1) is 0 Å². The van der Waals surface area contributed by atoms with Crippen molar-refractivity contribution in [3.63, 3.8) is 0 Å². The molecule has 0 atom stereocenters. The summed E-state index contributed by atoms with van der Waals surface area (Å²) in [5, 5.41) is 18.5. The number of benzene rings is 2. The Labute approximate surface area is 173 Å². The number of thiocarbonyl (C=S) groups is 1. The van der Waals surface area contributed by atoms with Crippen molar-refractivity contribution in [2.45, 2.75) is 6.92 Å². The first-order chi connectivity index (χ1) is 13.9. The molecule has 0 fully saturated rings. The highest BCUT2D eigenvalue weighted by Crippen LogP contribution is 2.26. The van der Waals surface area contributed by atoms with Crippen molar-refractivity contribution in [3.8, 4) is 17.2 Å². The van der Waals surface area contributed by atoms with Gasteiger partial charge in [-0.3, -0.25) is 9.78 Å². The van der Waals surface area contributed by atoms with E-state index in [4.69, 9.17) is 17.0 Å². The first-order valence-electron chi connectivity index (χ1n) is 8.78. The molecule has 4 N–H and O–H groups in total. The third-order valence-electron chi connectivity index (χ3n) is 4.00. The molecule has 29 heavy (non-hydrogen) atoms. The number of rotatable bonds is 5. The number of nitrogens with zero attached hydrogens (tertiary/aromatic N) is 1. The molecule has 0 saturated heterocycles. The number of aromatic nitrogens is 1. The summed E-state index contributed by atoms with van der Waals surface area (Å²) in [5.41, 5.74) is 2.81. The lowest BCUT2D eigenvalue weighted by Crippen LogP contribution is -2.19. The van der Waals surface area contributed by atoms with Gasteiger partial charge in [0.25, 0.3) is 5.91 Å². The maximum atomic E-state index is 11.7. The zero-order valence-electron chi connectivity index (χ0n) is 15.9. The maximum Gasteiger partial charge on any atom is 0.269 e. The molecule has 0 aliphatic carbocycles. The van der Waals surface area contributed by atoms with E-state index in [1.165, 1.54) is 6.20 Å². The Morgan fingerprint density at radius 2 is 1.76 bits per heavy atom. The van der Waals surface area contributed by atoms with Gasteiger partial charge in [-0.15, -0.1) is 0 Å². The fourth-order valence-electron chi connectivity index (χ4n) is 2.53. The summed E-state index contributed by atoms with van der Waals surface area (Å²) < 4.78 is 5.84. The topological polar surface area (TPSA) is 95.5 Å². The molecular formula is C21H20N4O3S. The summed E-state index contributed by atoms with van der Waals surface area (Å²) in [6, 6.07) is 15.4. The minimum absolute atomic E-state index is 0.192. The van der Waals surface area contributed by atoms with Crippen LogP contribution in [0.3, 0.4) is 0 Å². The fourth-order valence-corrected chi connectivity index (χ4v) is 2.76. The van der Waals surface area contributed by atoms with Crippen LogP contribution in [0.15, 0.2) is 60.8 Å². The van der Waals surface area contributed by atoms with E-state index in [0.717, 1.165) is 16.9 Å². The van der Waals surface area contributed by atoms with Gasteiger partial charge in [-0.25, -0.2) is 0 Å². The normalized spacial score (nSPS) is 10.1. The number of hydrogen-bond donors (Lipinski definition) is 4.